The molecule has 2 unspecified atom stereocenters. The molecule has 3 aromatic heterocycles. The first-order valence-electron chi connectivity index (χ1n) is 18.6. The molecule has 0 aromatic carbocycles. The van der Waals surface area contributed by atoms with Crippen molar-refractivity contribution in [2.75, 3.05) is 104 Å². The second-order valence-corrected chi connectivity index (χ2v) is 15.8. The van der Waals surface area contributed by atoms with Crippen LogP contribution >= 0.6 is 15.6 Å². The summed E-state index contributed by atoms with van der Waals surface area (Å²) in [6, 6.07) is 1.39. The minimum atomic E-state index is -4.55. The summed E-state index contributed by atoms with van der Waals surface area (Å²) in [6.07, 6.45) is -3.00. The average Bonchev–Trinajstić information content (AvgIpc) is 3.91. The molecule has 8 atom stereocenters. The number of nitrogens with zero attached hydrogens (tertiary/aromatic N) is 5. The lowest BCUT2D eigenvalue weighted by Crippen LogP contribution is -2.28. The predicted octanol–water partition coefficient (Wildman–Crippen LogP) is -1.81. The van der Waals surface area contributed by atoms with Gasteiger partial charge in [-0.15, -0.1) is 0 Å². The van der Waals surface area contributed by atoms with Crippen LogP contribution in [0.1, 0.15) is 25.3 Å². The van der Waals surface area contributed by atoms with Crippen LogP contribution in [0.5, 0.6) is 0 Å². The summed E-state index contributed by atoms with van der Waals surface area (Å²) in [5, 5.41) is 20.0. The predicted molar refractivity (Wildman–Crippen MR) is 202 cm³/mol. The van der Waals surface area contributed by atoms with Gasteiger partial charge in [-0.3, -0.25) is 37.0 Å². The number of fused-ring (bicyclic) bond motifs is 1. The van der Waals surface area contributed by atoms with Crippen molar-refractivity contribution in [1.82, 2.24) is 29.1 Å². The summed E-state index contributed by atoms with van der Waals surface area (Å²) in [5.74, 6) is -0.0941. The lowest BCUT2D eigenvalue weighted by atomic mass is 10.2. The molecule has 2 saturated heterocycles. The third kappa shape index (κ3) is 14.7. The van der Waals surface area contributed by atoms with Gasteiger partial charge in [0.2, 0.25) is 5.95 Å². The molecule has 0 saturated carbocycles. The Morgan fingerprint density at radius 1 is 0.767 bits per heavy atom. The summed E-state index contributed by atoms with van der Waals surface area (Å²) in [6.45, 7) is 0.419. The van der Waals surface area contributed by atoms with Gasteiger partial charge < -0.3 is 64.6 Å². The molecule has 0 amide bonds. The highest BCUT2D eigenvalue weighted by molar-refractivity contribution is 7.47. The van der Waals surface area contributed by atoms with E-state index in [1.165, 1.54) is 23.2 Å². The van der Waals surface area contributed by atoms with E-state index >= 15 is 0 Å². The number of rotatable bonds is 28. The molecule has 0 spiro atoms. The number of hydrogen-bond acceptors (Lipinski definition) is 22. The third-order valence-electron chi connectivity index (χ3n) is 8.61. The first-order chi connectivity index (χ1) is 28.7. The maximum Gasteiger partial charge on any atom is 0.472 e. The molecule has 0 aliphatic carbocycles. The van der Waals surface area contributed by atoms with Gasteiger partial charge in [0, 0.05) is 19.0 Å². The Labute approximate surface area is 340 Å². The number of aromatic amines is 1. The first-order valence-corrected chi connectivity index (χ1v) is 21.6. The van der Waals surface area contributed by atoms with E-state index < -0.39 is 77.0 Å². The van der Waals surface area contributed by atoms with Crippen molar-refractivity contribution in [2.45, 2.75) is 49.7 Å². The number of aromatic nitrogens is 6. The highest BCUT2D eigenvalue weighted by Crippen LogP contribution is 2.48. The fraction of sp³-hybridized carbons (Fsp3) is 0.710. The SMILES string of the molecule is Nc1ccn([C@H]2C[C@H](OP(=O)(O)OCCOCCOCCOCCOCCOCCOP(=O)(O)OC[C@H]3O[C@@H](n4cnc5c(=O)[nH]c(N)nc54)C[C@@H]3O)[C@@H](CO)O2)c(=O)n1. The molecule has 60 heavy (non-hydrogen) atoms. The number of H-pyrrole nitrogens is 1. The average molecular weight is 901 g/mol. The number of imidazole rings is 1. The molecule has 9 N–H and O–H groups in total. The summed E-state index contributed by atoms with van der Waals surface area (Å²) >= 11 is 0. The van der Waals surface area contributed by atoms with Crippen LogP contribution in [0.4, 0.5) is 11.8 Å². The summed E-state index contributed by atoms with van der Waals surface area (Å²) < 4.78 is 85.5. The number of hydrogen-bond donors (Lipinski definition) is 7. The van der Waals surface area contributed by atoms with Crippen molar-refractivity contribution in [1.29, 1.82) is 0 Å². The molecule has 2 aliphatic rings. The van der Waals surface area contributed by atoms with Gasteiger partial charge in [-0.05, 0) is 6.07 Å². The molecule has 0 radical (unpaired) electrons. The van der Waals surface area contributed by atoms with Crippen LogP contribution in [0.25, 0.3) is 11.2 Å². The van der Waals surface area contributed by atoms with Gasteiger partial charge in [-0.25, -0.2) is 18.9 Å². The van der Waals surface area contributed by atoms with E-state index in [1.54, 1.807) is 0 Å². The zero-order valence-corrected chi connectivity index (χ0v) is 34.0. The second kappa shape index (κ2) is 23.2. The molecule has 0 bridgehead atoms. The molecule has 338 valence electrons. The summed E-state index contributed by atoms with van der Waals surface area (Å²) in [5.41, 5.74) is 10.1. The van der Waals surface area contributed by atoms with Crippen molar-refractivity contribution in [3.63, 3.8) is 0 Å². The van der Waals surface area contributed by atoms with Crippen molar-refractivity contribution in [3.05, 3.63) is 39.4 Å². The number of nitrogens with two attached hydrogens (primary N) is 2. The van der Waals surface area contributed by atoms with Crippen LogP contribution < -0.4 is 22.7 Å². The summed E-state index contributed by atoms with van der Waals surface area (Å²) in [4.78, 5) is 58.3. The Morgan fingerprint density at radius 3 is 1.90 bits per heavy atom. The minimum Gasteiger partial charge on any atom is -0.394 e. The number of anilines is 2. The number of phosphoric acid groups is 2. The van der Waals surface area contributed by atoms with Gasteiger partial charge in [0.15, 0.2) is 11.2 Å². The Morgan fingerprint density at radius 2 is 1.32 bits per heavy atom. The number of aliphatic hydroxyl groups excluding tert-OH is 2. The van der Waals surface area contributed by atoms with Crippen LogP contribution in [-0.4, -0.2) is 166 Å². The monoisotopic (exact) mass is 900 g/mol. The molecule has 29 heteroatoms. The van der Waals surface area contributed by atoms with Gasteiger partial charge in [-0.2, -0.15) is 9.97 Å². The highest BCUT2D eigenvalue weighted by atomic mass is 31.2. The molecular formula is C31H50N8O19P2. The van der Waals surface area contributed by atoms with Gasteiger partial charge in [-0.1, -0.05) is 0 Å². The molecule has 5 rings (SSSR count). The normalized spacial score (nSPS) is 23.9. The van der Waals surface area contributed by atoms with E-state index in [0.717, 1.165) is 4.57 Å². The van der Waals surface area contributed by atoms with Crippen LogP contribution in [0.3, 0.4) is 0 Å². The Bertz CT molecular complexity index is 2010. The van der Waals surface area contributed by atoms with E-state index in [4.69, 9.17) is 62.7 Å². The standard InChI is InChI=1S/C31H50N8O19P2/c32-24-1-2-38(31(43)35-24)26-16-21(22(17-40)56-26)58-60(46,47)54-14-12-52-10-8-50-6-4-48-3-5-49-7-9-51-11-13-53-59(44,45)55-18-23-20(41)15-25(57-23)39-19-34-27-28(39)36-30(33)37-29(27)42/h1-2,19-23,25-26,40-41H,3-18H2,(H,44,45)(H,46,47)(H2,32,35,43)(H3,33,36,37,42)/t20-,21-,22+,23+,25+,26+/m0/s1. The molecule has 27 nitrogen and oxygen atoms in total. The molecule has 5 heterocycles. The van der Waals surface area contributed by atoms with Crippen molar-refractivity contribution in [3.8, 4) is 0 Å². The van der Waals surface area contributed by atoms with E-state index in [0.29, 0.717) is 13.2 Å². The van der Waals surface area contributed by atoms with Crippen molar-refractivity contribution < 1.29 is 80.4 Å². The van der Waals surface area contributed by atoms with E-state index in [-0.39, 0.29) is 102 Å². The van der Waals surface area contributed by atoms with Gasteiger partial charge >= 0.3 is 21.3 Å². The lowest BCUT2D eigenvalue weighted by Gasteiger charge is -2.19. The smallest absolute Gasteiger partial charge is 0.394 e. The molecule has 2 aliphatic heterocycles. The fourth-order valence-corrected chi connectivity index (χ4v) is 7.44. The minimum absolute atomic E-state index is 0.0231. The van der Waals surface area contributed by atoms with Crippen LogP contribution in [-0.2, 0) is 60.4 Å². The number of ether oxygens (including phenoxy) is 7. The lowest BCUT2D eigenvalue weighted by molar-refractivity contribution is -0.0472. The Balaban J connectivity index is 0.795. The zero-order chi connectivity index (χ0) is 43.1. The second-order valence-electron chi connectivity index (χ2n) is 12.9. The molecule has 3 aromatic rings. The van der Waals surface area contributed by atoms with Gasteiger partial charge in [0.05, 0.1) is 105 Å². The van der Waals surface area contributed by atoms with E-state index in [1.807, 2.05) is 0 Å². The van der Waals surface area contributed by atoms with Gasteiger partial charge in [0.25, 0.3) is 5.56 Å². The maximum atomic E-state index is 12.4. The Hall–Kier alpha value is -3.31. The van der Waals surface area contributed by atoms with E-state index in [2.05, 4.69) is 19.9 Å². The Kier molecular flexibility index (Phi) is 18.5. The highest BCUT2D eigenvalue weighted by Gasteiger charge is 2.42. The number of aliphatic hydroxyl groups is 2. The quantitative estimate of drug-likeness (QED) is 0.0312. The zero-order valence-electron chi connectivity index (χ0n) is 32.2. The molecule has 2 fully saturated rings. The topological polar surface area (TPSA) is 367 Å². The van der Waals surface area contributed by atoms with Gasteiger partial charge in [0.1, 0.15) is 36.6 Å². The van der Waals surface area contributed by atoms with Crippen LogP contribution in [0, 0.1) is 0 Å². The van der Waals surface area contributed by atoms with Crippen LogP contribution in [0.15, 0.2) is 28.2 Å². The number of nitrogen functional groups attached to an aromatic ring is 2. The van der Waals surface area contributed by atoms with Crippen LogP contribution in [0.2, 0.25) is 0 Å². The number of phosphoric ester groups is 2. The fourth-order valence-electron chi connectivity index (χ4n) is 5.79. The maximum absolute atomic E-state index is 12.4. The first kappa shape index (κ1) is 47.7. The van der Waals surface area contributed by atoms with Crippen molar-refractivity contribution in [2.24, 2.45) is 0 Å². The number of nitrogens with one attached hydrogen (secondary N) is 1. The molecular weight excluding hydrogens is 850 g/mol. The third-order valence-corrected chi connectivity index (χ3v) is 10.6. The largest absolute Gasteiger partial charge is 0.472 e. The van der Waals surface area contributed by atoms with E-state index in [9.17, 15) is 38.7 Å². The van der Waals surface area contributed by atoms with Crippen molar-refractivity contribution >= 4 is 38.6 Å². The summed E-state index contributed by atoms with van der Waals surface area (Å²) in [7, 11) is -9.05.